The predicted octanol–water partition coefficient (Wildman–Crippen LogP) is 3.42. The van der Waals surface area contributed by atoms with E-state index in [1.165, 1.54) is 58.0 Å². The predicted molar refractivity (Wildman–Crippen MR) is 76.5 cm³/mol. The van der Waals surface area contributed by atoms with Gasteiger partial charge in [0.15, 0.2) is 0 Å². The molecule has 102 valence electrons. The van der Waals surface area contributed by atoms with Crippen LogP contribution >= 0.6 is 0 Å². The summed E-state index contributed by atoms with van der Waals surface area (Å²) in [5.41, 5.74) is 0. The van der Waals surface area contributed by atoms with Gasteiger partial charge in [-0.1, -0.05) is 46.5 Å². The summed E-state index contributed by atoms with van der Waals surface area (Å²) in [5, 5.41) is 3.72. The van der Waals surface area contributed by atoms with Crippen molar-refractivity contribution in [3.8, 4) is 0 Å². The average Bonchev–Trinajstić information content (AvgIpc) is 2.57. The standard InChI is InChI=1S/C15H32N2/c1-4-7-13-17(6-3)15-12-10-8-9-11-14(15)16-5-2/h14-16H,4-13H2,1-3H3. The molecule has 0 amide bonds. The van der Waals surface area contributed by atoms with E-state index in [0.29, 0.717) is 0 Å². The van der Waals surface area contributed by atoms with Crippen molar-refractivity contribution >= 4 is 0 Å². The molecule has 1 N–H and O–H groups in total. The Morgan fingerprint density at radius 2 is 1.82 bits per heavy atom. The molecule has 1 aliphatic rings. The zero-order chi connectivity index (χ0) is 12.5. The number of hydrogen-bond acceptors (Lipinski definition) is 2. The maximum atomic E-state index is 3.72. The number of rotatable bonds is 7. The minimum Gasteiger partial charge on any atom is -0.313 e. The van der Waals surface area contributed by atoms with Crippen LogP contribution in [0.2, 0.25) is 0 Å². The van der Waals surface area contributed by atoms with Crippen molar-refractivity contribution in [3.05, 3.63) is 0 Å². The van der Waals surface area contributed by atoms with Gasteiger partial charge in [0.25, 0.3) is 0 Å². The van der Waals surface area contributed by atoms with Crippen molar-refractivity contribution < 1.29 is 0 Å². The normalized spacial score (nSPS) is 26.1. The highest BCUT2D eigenvalue weighted by Gasteiger charge is 2.26. The van der Waals surface area contributed by atoms with Crippen molar-refractivity contribution in [1.29, 1.82) is 0 Å². The largest absolute Gasteiger partial charge is 0.313 e. The molecule has 2 heteroatoms. The lowest BCUT2D eigenvalue weighted by Gasteiger charge is -2.36. The molecule has 0 bridgehead atoms. The summed E-state index contributed by atoms with van der Waals surface area (Å²) in [6.07, 6.45) is 9.72. The minimum absolute atomic E-state index is 0.735. The zero-order valence-corrected chi connectivity index (χ0v) is 12.2. The topological polar surface area (TPSA) is 15.3 Å². The molecule has 1 rings (SSSR count). The van der Waals surface area contributed by atoms with Crippen molar-refractivity contribution in [2.45, 2.75) is 77.8 Å². The van der Waals surface area contributed by atoms with E-state index in [-0.39, 0.29) is 0 Å². The van der Waals surface area contributed by atoms with Crippen LogP contribution in [0.25, 0.3) is 0 Å². The van der Waals surface area contributed by atoms with Crippen LogP contribution in [0.3, 0.4) is 0 Å². The highest BCUT2D eigenvalue weighted by Crippen LogP contribution is 2.22. The maximum Gasteiger partial charge on any atom is 0.0249 e. The van der Waals surface area contributed by atoms with Crippen LogP contribution in [0.1, 0.15) is 65.7 Å². The first-order chi connectivity index (χ1) is 8.33. The van der Waals surface area contributed by atoms with Gasteiger partial charge in [-0.25, -0.2) is 0 Å². The Morgan fingerprint density at radius 1 is 1.06 bits per heavy atom. The summed E-state index contributed by atoms with van der Waals surface area (Å²) >= 11 is 0. The molecule has 1 fully saturated rings. The summed E-state index contributed by atoms with van der Waals surface area (Å²) in [5.74, 6) is 0. The Kier molecular flexibility index (Phi) is 7.87. The first kappa shape index (κ1) is 15.0. The van der Waals surface area contributed by atoms with Gasteiger partial charge in [-0.2, -0.15) is 0 Å². The molecule has 2 unspecified atom stereocenters. The molecule has 17 heavy (non-hydrogen) atoms. The van der Waals surface area contributed by atoms with E-state index < -0.39 is 0 Å². The Hall–Kier alpha value is -0.0800. The van der Waals surface area contributed by atoms with Gasteiger partial charge in [0.05, 0.1) is 0 Å². The van der Waals surface area contributed by atoms with Crippen LogP contribution in [0.5, 0.6) is 0 Å². The van der Waals surface area contributed by atoms with Crippen LogP contribution < -0.4 is 5.32 Å². The molecule has 0 aromatic rings. The molecule has 0 spiro atoms. The molecule has 1 saturated carbocycles. The lowest BCUT2D eigenvalue weighted by atomic mass is 10.0. The fourth-order valence-corrected chi connectivity index (χ4v) is 3.15. The van der Waals surface area contributed by atoms with Crippen LogP contribution in [0, 0.1) is 0 Å². The molecule has 0 aromatic carbocycles. The Morgan fingerprint density at radius 3 is 2.47 bits per heavy atom. The third-order valence-electron chi connectivity index (χ3n) is 4.12. The van der Waals surface area contributed by atoms with Gasteiger partial charge in [-0.15, -0.1) is 0 Å². The number of nitrogens with zero attached hydrogens (tertiary/aromatic N) is 1. The van der Waals surface area contributed by atoms with E-state index in [2.05, 4.69) is 31.0 Å². The number of unbranched alkanes of at least 4 members (excludes halogenated alkanes) is 1. The van der Waals surface area contributed by atoms with Gasteiger partial charge < -0.3 is 5.32 Å². The fraction of sp³-hybridized carbons (Fsp3) is 1.00. The van der Waals surface area contributed by atoms with E-state index in [9.17, 15) is 0 Å². The highest BCUT2D eigenvalue weighted by atomic mass is 15.2. The Labute approximate surface area is 108 Å². The third-order valence-corrected chi connectivity index (χ3v) is 4.12. The number of likely N-dealkylation sites (N-methyl/N-ethyl adjacent to an activating group) is 2. The zero-order valence-electron chi connectivity index (χ0n) is 12.2. The van der Waals surface area contributed by atoms with Crippen LogP contribution in [-0.4, -0.2) is 36.6 Å². The number of nitrogens with one attached hydrogen (secondary N) is 1. The van der Waals surface area contributed by atoms with Gasteiger partial charge >= 0.3 is 0 Å². The second kappa shape index (κ2) is 8.93. The molecular formula is C15H32N2. The summed E-state index contributed by atoms with van der Waals surface area (Å²) < 4.78 is 0. The molecule has 0 aliphatic heterocycles. The molecule has 0 aromatic heterocycles. The molecule has 2 nitrogen and oxygen atoms in total. The van der Waals surface area contributed by atoms with Gasteiger partial charge in [0.1, 0.15) is 0 Å². The molecular weight excluding hydrogens is 208 g/mol. The quantitative estimate of drug-likeness (QED) is 0.686. The van der Waals surface area contributed by atoms with Gasteiger partial charge in [0, 0.05) is 12.1 Å². The Balaban J connectivity index is 2.57. The van der Waals surface area contributed by atoms with Gasteiger partial charge in [-0.3, -0.25) is 4.90 Å². The first-order valence-electron chi connectivity index (χ1n) is 7.80. The smallest absolute Gasteiger partial charge is 0.0249 e. The van der Waals surface area contributed by atoms with E-state index in [0.717, 1.165) is 18.6 Å². The molecule has 2 atom stereocenters. The SMILES string of the molecule is CCCCN(CC)C1CCCCCC1NCC. The molecule has 0 saturated heterocycles. The molecule has 1 aliphatic carbocycles. The third kappa shape index (κ3) is 4.97. The van der Waals surface area contributed by atoms with Crippen molar-refractivity contribution in [1.82, 2.24) is 10.2 Å². The van der Waals surface area contributed by atoms with Crippen molar-refractivity contribution in [2.24, 2.45) is 0 Å². The van der Waals surface area contributed by atoms with Crippen LogP contribution in [0.15, 0.2) is 0 Å². The monoisotopic (exact) mass is 240 g/mol. The second-order valence-electron chi connectivity index (χ2n) is 5.35. The molecule has 0 heterocycles. The van der Waals surface area contributed by atoms with Crippen molar-refractivity contribution in [3.63, 3.8) is 0 Å². The fourth-order valence-electron chi connectivity index (χ4n) is 3.15. The van der Waals surface area contributed by atoms with Gasteiger partial charge in [-0.05, 0) is 38.9 Å². The first-order valence-corrected chi connectivity index (χ1v) is 7.80. The summed E-state index contributed by atoms with van der Waals surface area (Å²) in [7, 11) is 0. The number of hydrogen-bond donors (Lipinski definition) is 1. The summed E-state index contributed by atoms with van der Waals surface area (Å²) in [6.45, 7) is 10.5. The average molecular weight is 240 g/mol. The minimum atomic E-state index is 0.735. The van der Waals surface area contributed by atoms with Crippen molar-refractivity contribution in [2.75, 3.05) is 19.6 Å². The highest BCUT2D eigenvalue weighted by molar-refractivity contribution is 4.86. The summed E-state index contributed by atoms with van der Waals surface area (Å²) in [4.78, 5) is 2.72. The lowest BCUT2D eigenvalue weighted by Crippen LogP contribution is -2.49. The van der Waals surface area contributed by atoms with Gasteiger partial charge in [0.2, 0.25) is 0 Å². The summed E-state index contributed by atoms with van der Waals surface area (Å²) in [6, 6.07) is 1.52. The van der Waals surface area contributed by atoms with E-state index in [1.807, 2.05) is 0 Å². The second-order valence-corrected chi connectivity index (χ2v) is 5.35. The maximum absolute atomic E-state index is 3.72. The Bertz CT molecular complexity index is 182. The molecule has 0 radical (unpaired) electrons. The lowest BCUT2D eigenvalue weighted by molar-refractivity contribution is 0.154. The van der Waals surface area contributed by atoms with E-state index in [4.69, 9.17) is 0 Å². The van der Waals surface area contributed by atoms with E-state index >= 15 is 0 Å². The van der Waals surface area contributed by atoms with E-state index in [1.54, 1.807) is 0 Å². The van der Waals surface area contributed by atoms with Crippen LogP contribution in [0.4, 0.5) is 0 Å². The van der Waals surface area contributed by atoms with Crippen LogP contribution in [-0.2, 0) is 0 Å².